The number of hydrogen-bond acceptors (Lipinski definition) is 25. The lowest BCUT2D eigenvalue weighted by atomic mass is 9.96. The molecule has 456 valence electrons. The van der Waals surface area contributed by atoms with Crippen LogP contribution < -0.4 is 4.52 Å². The second-order valence-corrected chi connectivity index (χ2v) is 20.9. The number of para-hydroxylation sites is 1. The van der Waals surface area contributed by atoms with E-state index in [1.165, 1.54) is 108 Å². The third kappa shape index (κ3) is 26.0. The number of esters is 7. The largest absolute Gasteiger partial charge is 0.532 e. The zero-order valence-electron chi connectivity index (χ0n) is 47.6. The monoisotopic (exact) mass is 1160 g/mol. The fourth-order valence-corrected chi connectivity index (χ4v) is 10.1. The van der Waals surface area contributed by atoms with Crippen LogP contribution in [-0.2, 0) is 104 Å². The Morgan fingerprint density at radius 1 is 0.500 bits per heavy atom. The van der Waals surface area contributed by atoms with Gasteiger partial charge in [0.15, 0.2) is 55.3 Å². The number of benzene rings is 1. The number of carbonyl (C=O) groups is 7. The summed E-state index contributed by atoms with van der Waals surface area (Å²) in [6.45, 7) is 8.68. The number of unbranched alkanes of at least 4 members (excludes halogenated alkanes) is 15. The minimum atomic E-state index is -5.08. The molecule has 4 unspecified atom stereocenters. The van der Waals surface area contributed by atoms with Crippen molar-refractivity contribution < 1.29 is 119 Å². The molecule has 0 bridgehead atoms. The molecule has 0 amide bonds. The van der Waals surface area contributed by atoms with Gasteiger partial charge in [0.05, 0.1) is 13.2 Å². The zero-order chi connectivity index (χ0) is 59.2. The number of aliphatic hydroxyl groups excluding tert-OH is 2. The Bertz CT molecular complexity index is 2080. The van der Waals surface area contributed by atoms with Gasteiger partial charge in [-0.3, -0.25) is 38.1 Å². The quantitative estimate of drug-likeness (QED) is 0.0227. The maximum absolute atomic E-state index is 14.7. The topological polar surface area (TPSA) is 315 Å². The fourth-order valence-electron chi connectivity index (χ4n) is 8.86. The number of rotatable bonds is 38. The van der Waals surface area contributed by atoms with E-state index in [4.69, 9.17) is 70.4 Å². The first-order valence-corrected chi connectivity index (χ1v) is 28.8. The Hall–Kier alpha value is -4.82. The van der Waals surface area contributed by atoms with E-state index in [0.717, 1.165) is 74.1 Å². The van der Waals surface area contributed by atoms with Gasteiger partial charge < -0.3 is 71.6 Å². The summed E-state index contributed by atoms with van der Waals surface area (Å²) in [5.74, 6) is -7.44. The first-order chi connectivity index (χ1) is 38.1. The lowest BCUT2D eigenvalue weighted by molar-refractivity contribution is -0.381. The number of hydrogen-bond donors (Lipinski definition) is 2. The van der Waals surface area contributed by atoms with Crippen molar-refractivity contribution >= 4 is 49.6 Å². The summed E-state index contributed by atoms with van der Waals surface area (Å²) < 4.78 is 98.6. The van der Waals surface area contributed by atoms with E-state index in [1.807, 2.05) is 0 Å². The molecule has 80 heavy (non-hydrogen) atoms. The second-order valence-electron chi connectivity index (χ2n) is 19.4. The number of phosphoric acid groups is 1. The molecule has 1 aromatic carbocycles. The summed E-state index contributed by atoms with van der Waals surface area (Å²) in [6.07, 6.45) is -6.73. The van der Waals surface area contributed by atoms with Crippen LogP contribution in [0, 0.1) is 0 Å². The molecule has 25 nitrogen and oxygen atoms in total. The van der Waals surface area contributed by atoms with Crippen LogP contribution in [0.2, 0.25) is 0 Å². The van der Waals surface area contributed by atoms with Gasteiger partial charge in [-0.25, -0.2) is 9.09 Å². The average Bonchev–Trinajstić information content (AvgIpc) is 3.58. The van der Waals surface area contributed by atoms with E-state index in [2.05, 4.69) is 6.92 Å². The summed E-state index contributed by atoms with van der Waals surface area (Å²) in [5.41, 5.74) is 0. The molecule has 2 heterocycles. The van der Waals surface area contributed by atoms with E-state index in [-0.39, 0.29) is 12.4 Å². The van der Waals surface area contributed by atoms with Crippen LogP contribution in [0.15, 0.2) is 30.3 Å². The molecule has 26 heteroatoms. The Labute approximate surface area is 468 Å². The highest BCUT2D eigenvalue weighted by Gasteiger charge is 2.59. The fraction of sp³-hybridized carbons (Fsp3) is 0.759. The van der Waals surface area contributed by atoms with Crippen molar-refractivity contribution in [1.29, 1.82) is 0 Å². The normalized spacial score (nSPS) is 24.6. The second kappa shape index (κ2) is 37.3. The van der Waals surface area contributed by atoms with Gasteiger partial charge in [-0.05, 0) is 18.6 Å². The minimum Gasteiger partial charge on any atom is -0.455 e. The van der Waals surface area contributed by atoms with Gasteiger partial charge in [-0.2, -0.15) is 0 Å². The van der Waals surface area contributed by atoms with E-state index in [1.54, 1.807) is 6.07 Å². The third-order valence-corrected chi connectivity index (χ3v) is 13.8. The number of aliphatic hydroxyl groups is 2. The number of phosphoric ester groups is 1. The van der Waals surface area contributed by atoms with E-state index in [9.17, 15) is 48.3 Å². The van der Waals surface area contributed by atoms with Gasteiger partial charge in [0.25, 0.3) is 0 Å². The average molecular weight is 1170 g/mol. The van der Waals surface area contributed by atoms with Gasteiger partial charge in [-0.15, -0.1) is 0 Å². The molecule has 2 aliphatic heterocycles. The highest BCUT2D eigenvalue weighted by Crippen LogP contribution is 2.52. The van der Waals surface area contributed by atoms with Crippen LogP contribution in [0.5, 0.6) is 5.75 Å². The van der Waals surface area contributed by atoms with Gasteiger partial charge >= 0.3 is 49.6 Å². The van der Waals surface area contributed by atoms with Gasteiger partial charge in [0.2, 0.25) is 18.7 Å². The van der Waals surface area contributed by atoms with Crippen molar-refractivity contribution in [2.75, 3.05) is 26.9 Å². The Morgan fingerprint density at radius 3 is 1.32 bits per heavy atom. The molecular weight excluding hydrogens is 1080 g/mol. The predicted octanol–water partition coefficient (Wildman–Crippen LogP) is 6.76. The van der Waals surface area contributed by atoms with E-state index >= 15 is 0 Å². The standard InChI is InChI=1S/C54H85O25P/c1-10-11-12-13-14-15-16-17-18-19-20-21-22-23-24-28-31-66-32-42(65-9)33-67-80(64,78-41-29-26-25-27-30-41)79-52(63)48-44(69-35(3)56)46(71-37(5)58)50(73-39(7)60)54(76-48)77-51(62)47-43(68-34(2)55)45(70-36(4)57)49(72-38(6)59)53(75-47)74-40(8)61/h25-27,29-30,42-54,62-63H,10-24,28,31-33H2,1-9H3/t42?,43-,44-,45-,46-,47-,48-,49+,50+,51?,52?,53+,54-,80?/m0/s1. The van der Waals surface area contributed by atoms with Crippen LogP contribution in [-0.4, -0.2) is 159 Å². The van der Waals surface area contributed by atoms with E-state index < -0.39 is 136 Å². The molecule has 0 aromatic heterocycles. The molecule has 0 saturated carbocycles. The van der Waals surface area contributed by atoms with Crippen molar-refractivity contribution in [2.24, 2.45) is 0 Å². The van der Waals surface area contributed by atoms with Crippen LogP contribution >= 0.6 is 7.82 Å². The van der Waals surface area contributed by atoms with Crippen molar-refractivity contribution in [1.82, 2.24) is 0 Å². The predicted molar refractivity (Wildman–Crippen MR) is 278 cm³/mol. The lowest BCUT2D eigenvalue weighted by Crippen LogP contribution is -2.67. The van der Waals surface area contributed by atoms with Crippen LogP contribution in [0.25, 0.3) is 0 Å². The van der Waals surface area contributed by atoms with E-state index in [0.29, 0.717) is 6.61 Å². The molecule has 2 aliphatic rings. The summed E-state index contributed by atoms with van der Waals surface area (Å²) >= 11 is 0. The molecule has 0 aliphatic carbocycles. The summed E-state index contributed by atoms with van der Waals surface area (Å²) in [7, 11) is -3.71. The first-order valence-electron chi connectivity index (χ1n) is 27.4. The number of ether oxygens (including phenoxy) is 12. The Balaban J connectivity index is 1.84. The Morgan fingerprint density at radius 2 is 0.887 bits per heavy atom. The molecule has 0 radical (unpaired) electrons. The highest BCUT2D eigenvalue weighted by molar-refractivity contribution is 7.49. The van der Waals surface area contributed by atoms with Crippen molar-refractivity contribution in [3.63, 3.8) is 0 Å². The summed E-state index contributed by atoms with van der Waals surface area (Å²) in [6, 6.07) is 7.50. The van der Waals surface area contributed by atoms with Crippen molar-refractivity contribution in [3.05, 3.63) is 30.3 Å². The molecule has 2 fully saturated rings. The summed E-state index contributed by atoms with van der Waals surface area (Å²) in [5, 5.41) is 23.8. The SMILES string of the molecule is CCCCCCCCCCCCCCCCCCOCC(COP(=O)(Oc1ccccc1)OC(O)[C@H]1O[C@@H](OC(O)[C@H]2O[C@@H](OC(C)=O)[C@H](OC(C)=O)[C@@H](OC(C)=O)[C@@H]2OC(C)=O)[C@H](OC(C)=O)[C@@H](OC(C)=O)[C@@H]1OC(C)=O)OC. The molecule has 0 spiro atoms. The smallest absolute Gasteiger partial charge is 0.455 e. The summed E-state index contributed by atoms with van der Waals surface area (Å²) in [4.78, 5) is 87.7. The number of carbonyl (C=O) groups excluding carboxylic acids is 7. The lowest BCUT2D eigenvalue weighted by Gasteiger charge is -2.47. The molecule has 2 N–H and O–H groups in total. The minimum absolute atomic E-state index is 0.0109. The third-order valence-electron chi connectivity index (χ3n) is 12.4. The first kappa shape index (κ1) is 69.4. The van der Waals surface area contributed by atoms with Crippen LogP contribution in [0.4, 0.5) is 0 Å². The van der Waals surface area contributed by atoms with Crippen LogP contribution in [0.3, 0.4) is 0 Å². The maximum atomic E-state index is 14.7. The zero-order valence-corrected chi connectivity index (χ0v) is 48.5. The van der Waals surface area contributed by atoms with Gasteiger partial charge in [0, 0.05) is 62.2 Å². The molecular formula is C54H85O25P. The highest BCUT2D eigenvalue weighted by atomic mass is 31.2. The van der Waals surface area contributed by atoms with Crippen molar-refractivity contribution in [3.8, 4) is 5.75 Å². The molecule has 14 atom stereocenters. The molecule has 3 rings (SSSR count). The number of methoxy groups -OCH3 is 1. The van der Waals surface area contributed by atoms with Crippen LogP contribution in [0.1, 0.15) is 158 Å². The van der Waals surface area contributed by atoms with Crippen molar-refractivity contribution in [2.45, 2.75) is 238 Å². The van der Waals surface area contributed by atoms with Gasteiger partial charge in [0.1, 0.15) is 11.9 Å². The molecule has 2 saturated heterocycles. The van der Waals surface area contributed by atoms with Gasteiger partial charge in [-0.1, -0.05) is 121 Å². The molecule has 1 aromatic rings. The maximum Gasteiger partial charge on any atom is 0.532 e. The Kier molecular flexibility index (Phi) is 32.4.